The number of esters is 1. The Morgan fingerprint density at radius 2 is 1.83 bits per heavy atom. The minimum atomic E-state index is -0.385. The summed E-state index contributed by atoms with van der Waals surface area (Å²) in [5, 5.41) is 3.29. The molecule has 0 spiro atoms. The third-order valence-corrected chi connectivity index (χ3v) is 3.33. The molecular formula is C18H16ClNO3. The SMILES string of the molecule is CCOC(=O)c1ccc(NC(=O)C=Cc2ccccc2Cl)cc1. The fourth-order valence-electron chi connectivity index (χ4n) is 1.86. The van der Waals surface area contributed by atoms with Gasteiger partial charge in [-0.1, -0.05) is 29.8 Å². The molecule has 2 aromatic rings. The number of amides is 1. The van der Waals surface area contributed by atoms with Crippen LogP contribution in [0.1, 0.15) is 22.8 Å². The summed E-state index contributed by atoms with van der Waals surface area (Å²) in [6.45, 7) is 2.07. The Hall–Kier alpha value is -2.59. The first kappa shape index (κ1) is 16.8. The topological polar surface area (TPSA) is 55.4 Å². The van der Waals surface area contributed by atoms with Crippen molar-refractivity contribution in [2.24, 2.45) is 0 Å². The van der Waals surface area contributed by atoms with Crippen molar-refractivity contribution in [1.82, 2.24) is 0 Å². The summed E-state index contributed by atoms with van der Waals surface area (Å²) in [5.74, 6) is -0.669. The summed E-state index contributed by atoms with van der Waals surface area (Å²) in [5.41, 5.74) is 1.80. The number of ether oxygens (including phenoxy) is 1. The summed E-state index contributed by atoms with van der Waals surface area (Å²) in [6, 6.07) is 13.7. The summed E-state index contributed by atoms with van der Waals surface area (Å²) in [6.07, 6.45) is 3.05. The minimum Gasteiger partial charge on any atom is -0.462 e. The maximum Gasteiger partial charge on any atom is 0.338 e. The second-order valence-electron chi connectivity index (χ2n) is 4.64. The summed E-state index contributed by atoms with van der Waals surface area (Å²) in [4.78, 5) is 23.4. The average Bonchev–Trinajstić information content (AvgIpc) is 2.55. The number of carbonyl (C=O) groups is 2. The van der Waals surface area contributed by atoms with Crippen LogP contribution in [0.3, 0.4) is 0 Å². The number of hydrogen-bond donors (Lipinski definition) is 1. The normalized spacial score (nSPS) is 10.5. The highest BCUT2D eigenvalue weighted by molar-refractivity contribution is 6.32. The smallest absolute Gasteiger partial charge is 0.338 e. The van der Waals surface area contributed by atoms with Crippen LogP contribution in [0, 0.1) is 0 Å². The van der Waals surface area contributed by atoms with E-state index in [2.05, 4.69) is 5.32 Å². The van der Waals surface area contributed by atoms with Crippen molar-refractivity contribution in [2.45, 2.75) is 6.92 Å². The zero-order valence-corrected chi connectivity index (χ0v) is 13.3. The first-order valence-electron chi connectivity index (χ1n) is 7.11. The monoisotopic (exact) mass is 329 g/mol. The van der Waals surface area contributed by atoms with Gasteiger partial charge >= 0.3 is 5.97 Å². The summed E-state index contributed by atoms with van der Waals surface area (Å²) >= 11 is 6.01. The molecule has 0 saturated carbocycles. The van der Waals surface area contributed by atoms with Gasteiger partial charge in [0.2, 0.25) is 5.91 Å². The van der Waals surface area contributed by atoms with Crippen LogP contribution in [0.2, 0.25) is 5.02 Å². The van der Waals surface area contributed by atoms with E-state index in [-0.39, 0.29) is 11.9 Å². The van der Waals surface area contributed by atoms with Gasteiger partial charge in [0.15, 0.2) is 0 Å². The van der Waals surface area contributed by atoms with Gasteiger partial charge in [-0.05, 0) is 48.9 Å². The lowest BCUT2D eigenvalue weighted by Crippen LogP contribution is -2.08. The van der Waals surface area contributed by atoms with Crippen molar-refractivity contribution in [1.29, 1.82) is 0 Å². The number of benzene rings is 2. The molecule has 23 heavy (non-hydrogen) atoms. The third-order valence-electron chi connectivity index (χ3n) is 2.98. The van der Waals surface area contributed by atoms with E-state index in [0.717, 1.165) is 5.56 Å². The van der Waals surface area contributed by atoms with Crippen LogP contribution >= 0.6 is 11.6 Å². The predicted molar refractivity (Wildman–Crippen MR) is 91.5 cm³/mol. The van der Waals surface area contributed by atoms with Gasteiger partial charge in [0.1, 0.15) is 0 Å². The third kappa shape index (κ3) is 4.97. The molecule has 1 amide bonds. The second kappa shape index (κ2) is 8.15. The van der Waals surface area contributed by atoms with Crippen molar-refractivity contribution in [2.75, 3.05) is 11.9 Å². The van der Waals surface area contributed by atoms with E-state index in [9.17, 15) is 9.59 Å². The predicted octanol–water partition coefficient (Wildman–Crippen LogP) is 4.17. The van der Waals surface area contributed by atoms with Crippen LogP contribution in [0.5, 0.6) is 0 Å². The van der Waals surface area contributed by atoms with Gasteiger partial charge < -0.3 is 10.1 Å². The highest BCUT2D eigenvalue weighted by Crippen LogP contribution is 2.16. The zero-order valence-electron chi connectivity index (χ0n) is 12.6. The van der Waals surface area contributed by atoms with Crippen molar-refractivity contribution in [3.8, 4) is 0 Å². The molecule has 0 aliphatic heterocycles. The summed E-state index contributed by atoms with van der Waals surface area (Å²) in [7, 11) is 0. The maximum atomic E-state index is 11.9. The van der Waals surface area contributed by atoms with E-state index in [1.807, 2.05) is 18.2 Å². The molecule has 4 nitrogen and oxygen atoms in total. The molecule has 0 aliphatic carbocycles. The van der Waals surface area contributed by atoms with E-state index in [0.29, 0.717) is 22.9 Å². The van der Waals surface area contributed by atoms with Gasteiger partial charge in [-0.15, -0.1) is 0 Å². The molecule has 0 aliphatic rings. The van der Waals surface area contributed by atoms with Crippen LogP contribution in [-0.4, -0.2) is 18.5 Å². The van der Waals surface area contributed by atoms with E-state index in [4.69, 9.17) is 16.3 Å². The summed E-state index contributed by atoms with van der Waals surface area (Å²) < 4.78 is 4.90. The molecular weight excluding hydrogens is 314 g/mol. The number of anilines is 1. The fraction of sp³-hybridized carbons (Fsp3) is 0.111. The first-order chi connectivity index (χ1) is 11.1. The first-order valence-corrected chi connectivity index (χ1v) is 7.48. The number of carbonyl (C=O) groups excluding carboxylic acids is 2. The second-order valence-corrected chi connectivity index (χ2v) is 5.05. The van der Waals surface area contributed by atoms with Crippen LogP contribution in [0.25, 0.3) is 6.08 Å². The van der Waals surface area contributed by atoms with E-state index in [1.165, 1.54) is 6.08 Å². The largest absolute Gasteiger partial charge is 0.462 e. The van der Waals surface area contributed by atoms with E-state index >= 15 is 0 Å². The van der Waals surface area contributed by atoms with Crippen molar-refractivity contribution < 1.29 is 14.3 Å². The molecule has 0 unspecified atom stereocenters. The Morgan fingerprint density at radius 3 is 2.48 bits per heavy atom. The van der Waals surface area contributed by atoms with Gasteiger partial charge in [-0.3, -0.25) is 4.79 Å². The maximum absolute atomic E-state index is 11.9. The quantitative estimate of drug-likeness (QED) is 0.661. The lowest BCUT2D eigenvalue weighted by molar-refractivity contribution is -0.111. The molecule has 0 atom stereocenters. The molecule has 5 heteroatoms. The molecule has 118 valence electrons. The number of nitrogens with one attached hydrogen (secondary N) is 1. The van der Waals surface area contributed by atoms with E-state index < -0.39 is 0 Å². The average molecular weight is 330 g/mol. The Labute approximate surface area is 139 Å². The molecule has 2 aromatic carbocycles. The zero-order chi connectivity index (χ0) is 16.7. The number of rotatable bonds is 5. The molecule has 1 N–H and O–H groups in total. The van der Waals surface area contributed by atoms with Crippen molar-refractivity contribution in [3.63, 3.8) is 0 Å². The van der Waals surface area contributed by atoms with Crippen LogP contribution in [0.15, 0.2) is 54.6 Å². The highest BCUT2D eigenvalue weighted by Gasteiger charge is 2.06. The Kier molecular flexibility index (Phi) is 5.94. The lowest BCUT2D eigenvalue weighted by Gasteiger charge is -2.04. The Morgan fingerprint density at radius 1 is 1.13 bits per heavy atom. The van der Waals surface area contributed by atoms with Gasteiger partial charge in [-0.2, -0.15) is 0 Å². The van der Waals surface area contributed by atoms with Gasteiger partial charge in [0.05, 0.1) is 12.2 Å². The van der Waals surface area contributed by atoms with Crippen LogP contribution < -0.4 is 5.32 Å². The lowest BCUT2D eigenvalue weighted by atomic mass is 10.2. The van der Waals surface area contributed by atoms with E-state index in [1.54, 1.807) is 43.3 Å². The number of hydrogen-bond acceptors (Lipinski definition) is 3. The minimum absolute atomic E-state index is 0.284. The van der Waals surface area contributed by atoms with Crippen molar-refractivity contribution in [3.05, 3.63) is 70.8 Å². The molecule has 0 fully saturated rings. The molecule has 0 radical (unpaired) electrons. The van der Waals surface area contributed by atoms with Crippen LogP contribution in [-0.2, 0) is 9.53 Å². The standard InChI is InChI=1S/C18H16ClNO3/c1-2-23-18(22)14-7-10-15(11-8-14)20-17(21)12-9-13-5-3-4-6-16(13)19/h3-12H,2H2,1H3,(H,20,21). The van der Waals surface area contributed by atoms with Gasteiger partial charge in [-0.25, -0.2) is 4.79 Å². The molecule has 0 aromatic heterocycles. The molecule has 0 bridgehead atoms. The van der Waals surface area contributed by atoms with Crippen LogP contribution in [0.4, 0.5) is 5.69 Å². The Bertz CT molecular complexity index is 723. The molecule has 0 heterocycles. The molecule has 2 rings (SSSR count). The molecule has 0 saturated heterocycles. The highest BCUT2D eigenvalue weighted by atomic mass is 35.5. The number of halogens is 1. The Balaban J connectivity index is 1.98. The fourth-order valence-corrected chi connectivity index (χ4v) is 2.06. The van der Waals surface area contributed by atoms with Gasteiger partial charge in [0.25, 0.3) is 0 Å². The van der Waals surface area contributed by atoms with Crippen molar-refractivity contribution >= 4 is 35.2 Å². The van der Waals surface area contributed by atoms with Gasteiger partial charge in [0, 0.05) is 16.8 Å².